The first-order valence-corrected chi connectivity index (χ1v) is 11.7. The molecule has 0 saturated heterocycles. The van der Waals surface area contributed by atoms with Crippen molar-refractivity contribution in [1.82, 2.24) is 19.9 Å². The van der Waals surface area contributed by atoms with E-state index in [9.17, 15) is 9.59 Å². The Bertz CT molecular complexity index is 1560. The summed E-state index contributed by atoms with van der Waals surface area (Å²) in [6, 6.07) is 21.1. The molecule has 3 aromatic carbocycles. The normalized spacial score (nSPS) is 11.4. The Morgan fingerprint density at radius 1 is 1.03 bits per heavy atom. The fourth-order valence-corrected chi connectivity index (χ4v) is 4.89. The maximum atomic E-state index is 12.5. The first kappa shape index (κ1) is 21.9. The lowest BCUT2D eigenvalue weighted by Crippen LogP contribution is -2.31. The molecule has 7 nitrogen and oxygen atoms in total. The van der Waals surface area contributed by atoms with Gasteiger partial charge in [0, 0.05) is 11.3 Å². The van der Waals surface area contributed by atoms with Crippen LogP contribution in [0.4, 0.5) is 5.69 Å². The number of likely N-dealkylation sites (N-methyl/N-ethyl adjacent to an activating group) is 1. The lowest BCUT2D eigenvalue weighted by Gasteiger charge is -2.16. The van der Waals surface area contributed by atoms with Crippen molar-refractivity contribution >= 4 is 44.1 Å². The van der Waals surface area contributed by atoms with Crippen LogP contribution in [0.15, 0.2) is 71.5 Å². The highest BCUT2D eigenvalue weighted by molar-refractivity contribution is 7.21. The molecule has 8 heteroatoms. The molecule has 0 aliphatic heterocycles. The number of anilines is 1. The van der Waals surface area contributed by atoms with Crippen LogP contribution in [0.5, 0.6) is 0 Å². The molecule has 2 aromatic heterocycles. The van der Waals surface area contributed by atoms with Crippen molar-refractivity contribution in [3.63, 3.8) is 0 Å². The van der Waals surface area contributed by atoms with E-state index in [0.717, 1.165) is 26.5 Å². The standard InChI is InChI=1S/C26H23N5O2S/c1-16-7-12-21-22(13-16)34-26(29-21)17-8-10-18(11-9-17)27-24(32)15-31(2)14-23-28-20-6-4-3-5-19(20)25(33)30-23/h3-13H,14-15H2,1-2H3,(H,27,32)(H,28,30,33). The van der Waals surface area contributed by atoms with Crippen molar-refractivity contribution in [2.24, 2.45) is 0 Å². The summed E-state index contributed by atoms with van der Waals surface area (Å²) >= 11 is 1.66. The maximum Gasteiger partial charge on any atom is 0.258 e. The van der Waals surface area contributed by atoms with Gasteiger partial charge < -0.3 is 10.3 Å². The van der Waals surface area contributed by atoms with Gasteiger partial charge in [0.25, 0.3) is 5.56 Å². The van der Waals surface area contributed by atoms with Gasteiger partial charge in [0.2, 0.25) is 5.91 Å². The third kappa shape index (κ3) is 4.73. The molecule has 0 spiro atoms. The Morgan fingerprint density at radius 3 is 2.65 bits per heavy atom. The summed E-state index contributed by atoms with van der Waals surface area (Å²) in [6.07, 6.45) is 0. The monoisotopic (exact) mass is 469 g/mol. The lowest BCUT2D eigenvalue weighted by molar-refractivity contribution is -0.117. The van der Waals surface area contributed by atoms with Crippen LogP contribution in [0, 0.1) is 6.92 Å². The summed E-state index contributed by atoms with van der Waals surface area (Å²) in [4.78, 5) is 38.6. The van der Waals surface area contributed by atoms with Gasteiger partial charge in [-0.05, 0) is 68.1 Å². The Morgan fingerprint density at radius 2 is 1.82 bits per heavy atom. The van der Waals surface area contributed by atoms with Gasteiger partial charge in [0.15, 0.2) is 0 Å². The van der Waals surface area contributed by atoms with Crippen molar-refractivity contribution in [3.05, 3.63) is 88.5 Å². The van der Waals surface area contributed by atoms with Gasteiger partial charge in [0.05, 0.1) is 34.2 Å². The second kappa shape index (κ2) is 9.17. The molecule has 5 aromatic rings. The fraction of sp³-hybridized carbons (Fsp3) is 0.154. The van der Waals surface area contributed by atoms with Crippen molar-refractivity contribution in [2.45, 2.75) is 13.5 Å². The number of nitrogens with one attached hydrogen (secondary N) is 2. The van der Waals surface area contributed by atoms with E-state index in [1.807, 2.05) is 49.5 Å². The molecule has 34 heavy (non-hydrogen) atoms. The number of rotatable bonds is 6. The smallest absolute Gasteiger partial charge is 0.258 e. The summed E-state index contributed by atoms with van der Waals surface area (Å²) in [7, 11) is 1.81. The van der Waals surface area contributed by atoms with Crippen LogP contribution in [0.1, 0.15) is 11.4 Å². The SMILES string of the molecule is Cc1ccc2nc(-c3ccc(NC(=O)CN(C)Cc4nc5ccccc5c(=O)[nH]4)cc3)sc2c1. The zero-order chi connectivity index (χ0) is 23.7. The summed E-state index contributed by atoms with van der Waals surface area (Å²) in [5, 5.41) is 4.43. The number of hydrogen-bond acceptors (Lipinski definition) is 6. The van der Waals surface area contributed by atoms with Crippen molar-refractivity contribution in [2.75, 3.05) is 18.9 Å². The highest BCUT2D eigenvalue weighted by Gasteiger charge is 2.11. The minimum Gasteiger partial charge on any atom is -0.325 e. The number of carbonyl (C=O) groups excluding carboxylic acids is 1. The minimum atomic E-state index is -0.179. The van der Waals surface area contributed by atoms with Crippen LogP contribution in [0.25, 0.3) is 31.7 Å². The summed E-state index contributed by atoms with van der Waals surface area (Å²) in [5.41, 5.74) is 4.41. The molecule has 0 saturated carbocycles. The van der Waals surface area contributed by atoms with Crippen LogP contribution in [-0.2, 0) is 11.3 Å². The molecule has 5 rings (SSSR count). The number of aromatic amines is 1. The fourth-order valence-electron chi connectivity index (χ4n) is 3.82. The van der Waals surface area contributed by atoms with E-state index in [4.69, 9.17) is 4.98 Å². The van der Waals surface area contributed by atoms with E-state index >= 15 is 0 Å². The molecule has 0 aliphatic rings. The first-order valence-electron chi connectivity index (χ1n) is 10.9. The number of carbonyl (C=O) groups is 1. The average molecular weight is 470 g/mol. The number of thiazole rings is 1. The molecular weight excluding hydrogens is 446 g/mol. The number of H-pyrrole nitrogens is 1. The second-order valence-electron chi connectivity index (χ2n) is 8.32. The number of aryl methyl sites for hydroxylation is 1. The predicted molar refractivity (Wildman–Crippen MR) is 137 cm³/mol. The predicted octanol–water partition coefficient (Wildman–Crippen LogP) is 4.58. The van der Waals surface area contributed by atoms with Gasteiger partial charge in [0.1, 0.15) is 10.8 Å². The Balaban J connectivity index is 1.21. The zero-order valence-electron chi connectivity index (χ0n) is 18.8. The molecule has 0 radical (unpaired) electrons. The highest BCUT2D eigenvalue weighted by atomic mass is 32.1. The molecule has 0 bridgehead atoms. The van der Waals surface area contributed by atoms with E-state index in [-0.39, 0.29) is 18.0 Å². The molecule has 0 atom stereocenters. The molecule has 0 unspecified atom stereocenters. The van der Waals surface area contributed by atoms with Gasteiger partial charge in [-0.2, -0.15) is 0 Å². The van der Waals surface area contributed by atoms with Gasteiger partial charge in [-0.1, -0.05) is 18.2 Å². The van der Waals surface area contributed by atoms with Crippen LogP contribution in [0.2, 0.25) is 0 Å². The second-order valence-corrected chi connectivity index (χ2v) is 9.35. The van der Waals surface area contributed by atoms with E-state index < -0.39 is 0 Å². The Labute approximate surface area is 200 Å². The van der Waals surface area contributed by atoms with E-state index in [1.165, 1.54) is 5.56 Å². The van der Waals surface area contributed by atoms with Gasteiger partial charge in [-0.25, -0.2) is 9.97 Å². The molecule has 0 aliphatic carbocycles. The summed E-state index contributed by atoms with van der Waals surface area (Å²) < 4.78 is 1.16. The highest BCUT2D eigenvalue weighted by Crippen LogP contribution is 2.31. The third-order valence-electron chi connectivity index (χ3n) is 5.45. The molecule has 0 fully saturated rings. The third-order valence-corrected chi connectivity index (χ3v) is 6.52. The first-order chi connectivity index (χ1) is 16.4. The van der Waals surface area contributed by atoms with Crippen LogP contribution in [-0.4, -0.2) is 39.4 Å². The number of nitrogens with zero attached hydrogens (tertiary/aromatic N) is 3. The topological polar surface area (TPSA) is 91.0 Å². The molecule has 1 amide bonds. The molecule has 170 valence electrons. The summed E-state index contributed by atoms with van der Waals surface area (Å²) in [5.74, 6) is 0.378. The van der Waals surface area contributed by atoms with Crippen molar-refractivity contribution < 1.29 is 4.79 Å². The number of amides is 1. The van der Waals surface area contributed by atoms with Crippen molar-refractivity contribution in [1.29, 1.82) is 0 Å². The Kier molecular flexibility index (Phi) is 5.91. The van der Waals surface area contributed by atoms with Crippen LogP contribution >= 0.6 is 11.3 Å². The quantitative estimate of drug-likeness (QED) is 0.380. The molecule has 2 heterocycles. The van der Waals surface area contributed by atoms with E-state index in [1.54, 1.807) is 28.4 Å². The maximum absolute atomic E-state index is 12.5. The summed E-state index contributed by atoms with van der Waals surface area (Å²) in [6.45, 7) is 2.59. The minimum absolute atomic E-state index is 0.145. The van der Waals surface area contributed by atoms with Gasteiger partial charge >= 0.3 is 0 Å². The van der Waals surface area contributed by atoms with E-state index in [2.05, 4.69) is 34.3 Å². The van der Waals surface area contributed by atoms with Crippen LogP contribution < -0.4 is 10.9 Å². The number of fused-ring (bicyclic) bond motifs is 2. The van der Waals surface area contributed by atoms with Gasteiger partial charge in [-0.3, -0.25) is 14.5 Å². The van der Waals surface area contributed by atoms with Crippen molar-refractivity contribution in [3.8, 4) is 10.6 Å². The van der Waals surface area contributed by atoms with Gasteiger partial charge in [-0.15, -0.1) is 11.3 Å². The average Bonchev–Trinajstić information content (AvgIpc) is 3.22. The molecular formula is C26H23N5O2S. The Hall–Kier alpha value is -3.88. The number of aromatic nitrogens is 3. The molecule has 2 N–H and O–H groups in total. The number of hydrogen-bond donors (Lipinski definition) is 2. The number of benzene rings is 3. The number of para-hydroxylation sites is 1. The zero-order valence-corrected chi connectivity index (χ0v) is 19.6. The lowest BCUT2D eigenvalue weighted by atomic mass is 10.2. The van der Waals surface area contributed by atoms with Crippen LogP contribution in [0.3, 0.4) is 0 Å². The largest absolute Gasteiger partial charge is 0.325 e. The van der Waals surface area contributed by atoms with E-state index in [0.29, 0.717) is 23.3 Å².